The average Bonchev–Trinajstić information content (AvgIpc) is 2.81. The van der Waals surface area contributed by atoms with Gasteiger partial charge < -0.3 is 14.6 Å². The molecule has 24 heavy (non-hydrogen) atoms. The van der Waals surface area contributed by atoms with Crippen LogP contribution >= 0.6 is 0 Å². The number of aryl methyl sites for hydroxylation is 1. The Hall–Kier alpha value is -1.48. The van der Waals surface area contributed by atoms with Crippen molar-refractivity contribution in [1.82, 2.24) is 9.88 Å². The minimum Gasteiger partial charge on any atom is -0.491 e. The van der Waals surface area contributed by atoms with Crippen LogP contribution in [0.2, 0.25) is 0 Å². The number of unbranched alkanes of at least 4 members (excludes halogenated alkanes) is 1. The Labute approximate surface area is 147 Å². The third-order valence-corrected chi connectivity index (χ3v) is 4.76. The molecule has 2 rings (SSSR count). The van der Waals surface area contributed by atoms with Gasteiger partial charge in [0.2, 0.25) is 0 Å². The number of hydrogen-bond acceptors (Lipinski definition) is 2. The van der Waals surface area contributed by atoms with Crippen molar-refractivity contribution < 1.29 is 4.74 Å². The van der Waals surface area contributed by atoms with Gasteiger partial charge in [0.25, 0.3) is 0 Å². The van der Waals surface area contributed by atoms with Crippen LogP contribution in [0.1, 0.15) is 65.1 Å². The Morgan fingerprint density at radius 3 is 2.54 bits per heavy atom. The van der Waals surface area contributed by atoms with Gasteiger partial charge in [0.1, 0.15) is 5.75 Å². The fourth-order valence-corrected chi connectivity index (χ4v) is 3.05. The molecular weight excluding hydrogens is 296 g/mol. The highest BCUT2D eigenvalue weighted by Crippen LogP contribution is 2.30. The van der Waals surface area contributed by atoms with Crippen molar-refractivity contribution in [2.45, 2.75) is 86.0 Å². The Morgan fingerprint density at radius 1 is 1.17 bits per heavy atom. The molecule has 0 radical (unpaired) electrons. The maximum absolute atomic E-state index is 6.05. The van der Waals surface area contributed by atoms with E-state index < -0.39 is 0 Å². The van der Waals surface area contributed by atoms with E-state index in [4.69, 9.17) is 4.74 Å². The van der Waals surface area contributed by atoms with Gasteiger partial charge in [-0.05, 0) is 50.5 Å². The first-order chi connectivity index (χ1) is 11.5. The molecule has 0 amide bonds. The number of ether oxygens (including phenoxy) is 1. The zero-order valence-corrected chi connectivity index (χ0v) is 16.3. The first kappa shape index (κ1) is 18.9. The van der Waals surface area contributed by atoms with E-state index in [1.54, 1.807) is 0 Å². The molecule has 0 fully saturated rings. The van der Waals surface area contributed by atoms with Crippen molar-refractivity contribution in [2.24, 2.45) is 0 Å². The van der Waals surface area contributed by atoms with Crippen molar-refractivity contribution in [2.75, 3.05) is 0 Å². The Bertz CT molecular complexity index is 657. The van der Waals surface area contributed by atoms with Crippen molar-refractivity contribution >= 4 is 10.9 Å². The van der Waals surface area contributed by atoms with Gasteiger partial charge in [-0.3, -0.25) is 0 Å². The number of nitrogens with zero attached hydrogens (tertiary/aromatic N) is 1. The number of aromatic nitrogens is 1. The predicted octanol–water partition coefficient (Wildman–Crippen LogP) is 5.43. The van der Waals surface area contributed by atoms with Crippen LogP contribution < -0.4 is 10.1 Å². The van der Waals surface area contributed by atoms with Crippen molar-refractivity contribution in [3.63, 3.8) is 0 Å². The molecule has 0 saturated carbocycles. The highest BCUT2D eigenvalue weighted by Gasteiger charge is 2.15. The number of nitrogens with one attached hydrogen (secondary N) is 1. The molecule has 0 aliphatic carbocycles. The minimum atomic E-state index is 0.253. The van der Waals surface area contributed by atoms with Gasteiger partial charge in [0.15, 0.2) is 0 Å². The summed E-state index contributed by atoms with van der Waals surface area (Å²) < 4.78 is 8.53. The van der Waals surface area contributed by atoms with Crippen LogP contribution in [0.15, 0.2) is 18.2 Å². The molecule has 0 aliphatic rings. The van der Waals surface area contributed by atoms with Gasteiger partial charge in [-0.25, -0.2) is 0 Å². The summed E-state index contributed by atoms with van der Waals surface area (Å²) in [6.45, 7) is 15.2. The quantitative estimate of drug-likeness (QED) is 0.664. The van der Waals surface area contributed by atoms with Gasteiger partial charge in [0, 0.05) is 35.7 Å². The molecule has 0 aliphatic heterocycles. The summed E-state index contributed by atoms with van der Waals surface area (Å²) in [6.07, 6.45) is 3.71. The molecule has 2 aromatic rings. The van der Waals surface area contributed by atoms with E-state index in [0.29, 0.717) is 6.04 Å². The monoisotopic (exact) mass is 330 g/mol. The molecule has 1 N–H and O–H groups in total. The second-order valence-electron chi connectivity index (χ2n) is 7.12. The molecule has 1 aromatic carbocycles. The largest absolute Gasteiger partial charge is 0.491 e. The van der Waals surface area contributed by atoms with E-state index in [0.717, 1.165) is 25.3 Å². The smallest absolute Gasteiger partial charge is 0.120 e. The first-order valence-electron chi connectivity index (χ1n) is 9.49. The highest BCUT2D eigenvalue weighted by atomic mass is 16.5. The average molecular weight is 331 g/mol. The van der Waals surface area contributed by atoms with Crippen LogP contribution in [0, 0.1) is 6.92 Å². The zero-order chi connectivity index (χ0) is 17.7. The third kappa shape index (κ3) is 4.32. The third-order valence-electron chi connectivity index (χ3n) is 4.76. The summed E-state index contributed by atoms with van der Waals surface area (Å²) in [7, 11) is 0. The molecule has 3 heteroatoms. The van der Waals surface area contributed by atoms with Crippen molar-refractivity contribution in [3.05, 3.63) is 29.5 Å². The topological polar surface area (TPSA) is 26.2 Å². The van der Waals surface area contributed by atoms with Gasteiger partial charge in [0.05, 0.1) is 6.10 Å². The maximum atomic E-state index is 6.05. The van der Waals surface area contributed by atoms with Crippen molar-refractivity contribution in [3.8, 4) is 5.75 Å². The fraction of sp³-hybridized carbons (Fsp3) is 0.619. The summed E-state index contributed by atoms with van der Waals surface area (Å²) >= 11 is 0. The van der Waals surface area contributed by atoms with Gasteiger partial charge in [-0.1, -0.05) is 34.1 Å². The molecule has 0 bridgehead atoms. The molecule has 1 unspecified atom stereocenters. The highest BCUT2D eigenvalue weighted by molar-refractivity contribution is 5.87. The molecule has 1 aromatic heterocycles. The van der Waals surface area contributed by atoms with E-state index in [1.165, 1.54) is 35.0 Å². The lowest BCUT2D eigenvalue weighted by Crippen LogP contribution is -2.22. The molecule has 3 nitrogen and oxygen atoms in total. The lowest BCUT2D eigenvalue weighted by molar-refractivity contribution is 0.217. The number of rotatable bonds is 9. The SMILES string of the molecule is CCCCn1c(C)c(CNC(C)C)c2cc(OC(C)CC)ccc21. The number of hydrogen-bond donors (Lipinski definition) is 1. The van der Waals surface area contributed by atoms with Crippen molar-refractivity contribution in [1.29, 1.82) is 0 Å². The standard InChI is InChI=1S/C21H34N2O/c1-7-9-12-23-17(6)20(14-22-15(3)4)19-13-18(10-11-21(19)23)24-16(5)8-2/h10-11,13,15-16,22H,7-9,12,14H2,1-6H3. The van der Waals surface area contributed by atoms with Crippen LogP contribution in [-0.2, 0) is 13.1 Å². The normalized spacial score (nSPS) is 13.0. The van der Waals surface area contributed by atoms with E-state index in [9.17, 15) is 0 Å². The van der Waals surface area contributed by atoms with Crippen LogP contribution in [-0.4, -0.2) is 16.7 Å². The number of fused-ring (bicyclic) bond motifs is 1. The minimum absolute atomic E-state index is 0.253. The maximum Gasteiger partial charge on any atom is 0.120 e. The Kier molecular flexibility index (Phi) is 6.73. The lowest BCUT2D eigenvalue weighted by Gasteiger charge is -2.13. The number of benzene rings is 1. The van der Waals surface area contributed by atoms with E-state index >= 15 is 0 Å². The zero-order valence-electron chi connectivity index (χ0n) is 16.3. The molecule has 1 heterocycles. The lowest BCUT2D eigenvalue weighted by atomic mass is 10.1. The summed E-state index contributed by atoms with van der Waals surface area (Å²) in [5, 5.41) is 4.91. The van der Waals surface area contributed by atoms with E-state index in [2.05, 4.69) is 69.6 Å². The van der Waals surface area contributed by atoms with Crippen LogP contribution in [0.5, 0.6) is 5.75 Å². The molecule has 0 saturated heterocycles. The van der Waals surface area contributed by atoms with Crippen LogP contribution in [0.4, 0.5) is 0 Å². The Balaban J connectivity index is 2.44. The second-order valence-corrected chi connectivity index (χ2v) is 7.12. The molecule has 1 atom stereocenters. The van der Waals surface area contributed by atoms with Gasteiger partial charge >= 0.3 is 0 Å². The predicted molar refractivity (Wildman–Crippen MR) is 104 cm³/mol. The molecule has 134 valence electrons. The van der Waals surface area contributed by atoms with E-state index in [1.807, 2.05) is 0 Å². The van der Waals surface area contributed by atoms with Crippen LogP contribution in [0.3, 0.4) is 0 Å². The molecule has 0 spiro atoms. The second kappa shape index (κ2) is 8.57. The van der Waals surface area contributed by atoms with Gasteiger partial charge in [-0.2, -0.15) is 0 Å². The molecular formula is C21H34N2O. The fourth-order valence-electron chi connectivity index (χ4n) is 3.05. The van der Waals surface area contributed by atoms with Gasteiger partial charge in [-0.15, -0.1) is 0 Å². The van der Waals surface area contributed by atoms with Crippen LogP contribution in [0.25, 0.3) is 10.9 Å². The van der Waals surface area contributed by atoms with E-state index in [-0.39, 0.29) is 6.10 Å². The summed E-state index contributed by atoms with van der Waals surface area (Å²) in [6, 6.07) is 7.07. The summed E-state index contributed by atoms with van der Waals surface area (Å²) in [5.41, 5.74) is 4.12. The Morgan fingerprint density at radius 2 is 1.92 bits per heavy atom. The summed E-state index contributed by atoms with van der Waals surface area (Å²) in [5.74, 6) is 0.982. The summed E-state index contributed by atoms with van der Waals surface area (Å²) in [4.78, 5) is 0. The first-order valence-corrected chi connectivity index (χ1v) is 9.49.